The van der Waals surface area contributed by atoms with Crippen molar-refractivity contribution in [2.75, 3.05) is 19.7 Å². The number of fused-ring (bicyclic) bond motifs is 1. The summed E-state index contributed by atoms with van der Waals surface area (Å²) in [6.07, 6.45) is 2.09. The number of urea groups is 1. The van der Waals surface area contributed by atoms with Crippen LogP contribution in [0.25, 0.3) is 0 Å². The first-order chi connectivity index (χ1) is 14.1. The quantitative estimate of drug-likeness (QED) is 0.765. The number of carbonyl (C=O) groups excluding carboxylic acids is 2. The highest BCUT2D eigenvalue weighted by Crippen LogP contribution is 2.31. The molecule has 0 unspecified atom stereocenters. The zero-order chi connectivity index (χ0) is 20.4. The van der Waals surface area contributed by atoms with Crippen LogP contribution in [0.5, 0.6) is 0 Å². The number of aromatic nitrogens is 1. The Hall–Kier alpha value is -3.06. The van der Waals surface area contributed by atoms with Crippen molar-refractivity contribution in [3.63, 3.8) is 0 Å². The molecule has 0 spiro atoms. The van der Waals surface area contributed by atoms with Crippen LogP contribution in [0.4, 0.5) is 4.79 Å². The predicted octanol–water partition coefficient (Wildman–Crippen LogP) is 2.74. The lowest BCUT2D eigenvalue weighted by atomic mass is 9.94. The van der Waals surface area contributed by atoms with Crippen LogP contribution in [0.15, 0.2) is 59.9 Å². The van der Waals surface area contributed by atoms with E-state index in [9.17, 15) is 9.59 Å². The molecule has 1 aromatic heterocycles. The highest BCUT2D eigenvalue weighted by Gasteiger charge is 2.35. The minimum Gasteiger partial charge on any atom is -0.463 e. The van der Waals surface area contributed by atoms with Gasteiger partial charge in [-0.3, -0.25) is 4.90 Å². The summed E-state index contributed by atoms with van der Waals surface area (Å²) in [5.41, 5.74) is 3.15. The number of hydrogen-bond donors (Lipinski definition) is 2. The lowest BCUT2D eigenvalue weighted by Crippen LogP contribution is -2.49. The molecule has 0 aliphatic carbocycles. The van der Waals surface area contributed by atoms with Crippen molar-refractivity contribution in [2.45, 2.75) is 32.5 Å². The van der Waals surface area contributed by atoms with Crippen molar-refractivity contribution in [3.8, 4) is 0 Å². The van der Waals surface area contributed by atoms with Crippen molar-refractivity contribution in [3.05, 3.63) is 71.2 Å². The van der Waals surface area contributed by atoms with Crippen LogP contribution in [0.1, 0.15) is 37.2 Å². The molecule has 4 rings (SSSR count). The van der Waals surface area contributed by atoms with Gasteiger partial charge < -0.3 is 19.9 Å². The van der Waals surface area contributed by atoms with Crippen molar-refractivity contribution < 1.29 is 14.3 Å². The molecule has 2 amide bonds. The van der Waals surface area contributed by atoms with E-state index >= 15 is 0 Å². The Labute approximate surface area is 170 Å². The topological polar surface area (TPSA) is 75.6 Å². The first-order valence-electron chi connectivity index (χ1n) is 10.00. The summed E-state index contributed by atoms with van der Waals surface area (Å²) >= 11 is 0. The van der Waals surface area contributed by atoms with Crippen LogP contribution < -0.4 is 10.6 Å². The number of hydrogen-bond acceptors (Lipinski definition) is 4. The summed E-state index contributed by atoms with van der Waals surface area (Å²) in [4.78, 5) is 27.6. The number of carbonyl (C=O) groups is 2. The number of ether oxygens (including phenoxy) is 1. The third-order valence-electron chi connectivity index (χ3n) is 5.61. The van der Waals surface area contributed by atoms with Crippen LogP contribution in [-0.2, 0) is 16.1 Å². The maximum absolute atomic E-state index is 12.9. The van der Waals surface area contributed by atoms with Crippen LogP contribution >= 0.6 is 0 Å². The van der Waals surface area contributed by atoms with E-state index in [-0.39, 0.29) is 18.7 Å². The molecule has 29 heavy (non-hydrogen) atoms. The highest BCUT2D eigenvalue weighted by molar-refractivity contribution is 5.95. The molecule has 7 heteroatoms. The van der Waals surface area contributed by atoms with Gasteiger partial charge in [0.2, 0.25) is 0 Å². The fourth-order valence-corrected chi connectivity index (χ4v) is 4.13. The molecule has 2 N–H and O–H groups in total. The van der Waals surface area contributed by atoms with Crippen molar-refractivity contribution in [1.82, 2.24) is 20.1 Å². The fourth-order valence-electron chi connectivity index (χ4n) is 4.13. The van der Waals surface area contributed by atoms with Crippen LogP contribution in [-0.4, -0.2) is 41.2 Å². The first-order valence-corrected chi connectivity index (χ1v) is 10.00. The van der Waals surface area contributed by atoms with E-state index in [4.69, 9.17) is 4.74 Å². The summed E-state index contributed by atoms with van der Waals surface area (Å²) in [5, 5.41) is 5.75. The van der Waals surface area contributed by atoms with E-state index in [2.05, 4.69) is 45.4 Å². The molecule has 2 aliphatic heterocycles. The van der Waals surface area contributed by atoms with Gasteiger partial charge >= 0.3 is 12.0 Å². The van der Waals surface area contributed by atoms with Crippen LogP contribution in [0.3, 0.4) is 0 Å². The normalized spacial score (nSPS) is 21.9. The number of amides is 2. The fraction of sp³-hybridized carbons (Fsp3) is 0.364. The maximum atomic E-state index is 12.9. The summed E-state index contributed by atoms with van der Waals surface area (Å²) in [6, 6.07) is 13.0. The average Bonchev–Trinajstić information content (AvgIpc) is 3.20. The molecule has 0 saturated carbocycles. The Balaban J connectivity index is 1.70. The molecule has 0 fully saturated rings. The number of benzene rings is 1. The van der Waals surface area contributed by atoms with E-state index < -0.39 is 12.0 Å². The largest absolute Gasteiger partial charge is 0.463 e. The zero-order valence-corrected chi connectivity index (χ0v) is 16.7. The lowest BCUT2D eigenvalue weighted by molar-refractivity contribution is -0.139. The zero-order valence-electron chi connectivity index (χ0n) is 16.7. The van der Waals surface area contributed by atoms with Crippen LogP contribution in [0, 0.1) is 0 Å². The molecule has 3 heterocycles. The Morgan fingerprint density at radius 3 is 2.72 bits per heavy atom. The molecule has 2 atom stereocenters. The predicted molar refractivity (Wildman–Crippen MR) is 109 cm³/mol. The van der Waals surface area contributed by atoms with Gasteiger partial charge in [-0.15, -0.1) is 0 Å². The van der Waals surface area contributed by atoms with Gasteiger partial charge in [-0.25, -0.2) is 9.59 Å². The SMILES string of the molecule is CCOC(=O)C1=C(CN2CCn3cccc3[C@@H]2C)NC(=O)N[C@H]1c1ccccc1. The van der Waals surface area contributed by atoms with Gasteiger partial charge in [0.25, 0.3) is 0 Å². The van der Waals surface area contributed by atoms with E-state index in [0.717, 1.165) is 18.7 Å². The number of nitrogens with one attached hydrogen (secondary N) is 2. The standard InChI is InChI=1S/C22H26N4O3/c1-3-29-21(27)19-17(14-26-13-12-25-11-7-10-18(25)15(26)2)23-22(28)24-20(19)16-8-5-4-6-9-16/h4-11,15,20H,3,12-14H2,1-2H3,(H2,23,24,28)/t15-,20-/m0/s1. The van der Waals surface area contributed by atoms with Gasteiger partial charge in [-0.2, -0.15) is 0 Å². The summed E-state index contributed by atoms with van der Waals surface area (Å²) in [5.74, 6) is -0.406. The van der Waals surface area contributed by atoms with Gasteiger partial charge in [0, 0.05) is 43.3 Å². The van der Waals surface area contributed by atoms with Crippen molar-refractivity contribution >= 4 is 12.0 Å². The van der Waals surface area contributed by atoms with E-state index in [1.54, 1.807) is 6.92 Å². The van der Waals surface area contributed by atoms with E-state index in [1.807, 2.05) is 30.3 Å². The third kappa shape index (κ3) is 3.78. The second kappa shape index (κ2) is 8.13. The number of esters is 1. The van der Waals surface area contributed by atoms with Gasteiger partial charge in [0.05, 0.1) is 18.2 Å². The highest BCUT2D eigenvalue weighted by atomic mass is 16.5. The van der Waals surface area contributed by atoms with Gasteiger partial charge in [-0.05, 0) is 31.5 Å². The molecule has 2 aromatic rings. The summed E-state index contributed by atoms with van der Waals surface area (Å²) < 4.78 is 7.59. The van der Waals surface area contributed by atoms with E-state index in [1.165, 1.54) is 5.69 Å². The number of rotatable bonds is 5. The molecule has 7 nitrogen and oxygen atoms in total. The minimum absolute atomic E-state index is 0.177. The lowest BCUT2D eigenvalue weighted by Gasteiger charge is -2.37. The summed E-state index contributed by atoms with van der Waals surface area (Å²) in [7, 11) is 0. The number of nitrogens with zero attached hydrogens (tertiary/aromatic N) is 2. The second-order valence-corrected chi connectivity index (χ2v) is 7.33. The van der Waals surface area contributed by atoms with Crippen molar-refractivity contribution in [2.24, 2.45) is 0 Å². The Morgan fingerprint density at radius 2 is 1.97 bits per heavy atom. The molecule has 2 aliphatic rings. The van der Waals surface area contributed by atoms with Crippen molar-refractivity contribution in [1.29, 1.82) is 0 Å². The third-order valence-corrected chi connectivity index (χ3v) is 5.61. The molecule has 152 valence electrons. The first kappa shape index (κ1) is 19.3. The summed E-state index contributed by atoms with van der Waals surface area (Å²) in [6.45, 7) is 6.39. The second-order valence-electron chi connectivity index (χ2n) is 7.33. The molecule has 0 saturated heterocycles. The molecule has 1 aromatic carbocycles. The Kier molecular flexibility index (Phi) is 5.40. The molecule has 0 radical (unpaired) electrons. The minimum atomic E-state index is -0.539. The molecule has 0 bridgehead atoms. The maximum Gasteiger partial charge on any atom is 0.338 e. The Bertz CT molecular complexity index is 935. The average molecular weight is 394 g/mol. The monoisotopic (exact) mass is 394 g/mol. The van der Waals surface area contributed by atoms with E-state index in [0.29, 0.717) is 17.8 Å². The van der Waals surface area contributed by atoms with Gasteiger partial charge in [0.1, 0.15) is 0 Å². The smallest absolute Gasteiger partial charge is 0.338 e. The molecular weight excluding hydrogens is 368 g/mol. The van der Waals surface area contributed by atoms with Gasteiger partial charge in [0.15, 0.2) is 0 Å². The van der Waals surface area contributed by atoms with Crippen LogP contribution in [0.2, 0.25) is 0 Å². The Morgan fingerprint density at radius 1 is 1.17 bits per heavy atom. The molecular formula is C22H26N4O3. The van der Waals surface area contributed by atoms with Gasteiger partial charge in [-0.1, -0.05) is 30.3 Å².